The number of carbonyl (C=O) groups excluding carboxylic acids is 3. The fraction of sp³-hybridized carbons (Fsp3) is 0.429. The van der Waals surface area contributed by atoms with E-state index in [-0.39, 0.29) is 51.3 Å². The quantitative estimate of drug-likeness (QED) is 0.197. The lowest BCUT2D eigenvalue weighted by Crippen LogP contribution is -2.55. The van der Waals surface area contributed by atoms with E-state index in [1.807, 2.05) is 32.9 Å². The van der Waals surface area contributed by atoms with Crippen molar-refractivity contribution in [2.45, 2.75) is 69.7 Å². The lowest BCUT2D eigenvalue weighted by atomic mass is 9.84. The molecule has 2 aromatic rings. The number of guanidine groups is 1. The molecule has 1 aliphatic rings. The van der Waals surface area contributed by atoms with Crippen LogP contribution in [0.4, 0.5) is 4.79 Å². The van der Waals surface area contributed by atoms with Crippen LogP contribution >= 0.6 is 45.8 Å². The molecule has 2 aromatic carbocycles. The second-order valence-electron chi connectivity index (χ2n) is 10.9. The Hall–Kier alpha value is -2.37. The number of hydrogen-bond donors (Lipinski definition) is 2. The van der Waals surface area contributed by atoms with Crippen molar-refractivity contribution in [2.24, 2.45) is 10.9 Å². The van der Waals surface area contributed by atoms with Crippen molar-refractivity contribution >= 4 is 69.7 Å². The van der Waals surface area contributed by atoms with E-state index < -0.39 is 17.2 Å². The summed E-state index contributed by atoms with van der Waals surface area (Å²) in [7, 11) is 0. The smallest absolute Gasteiger partial charge is 0.414 e. The summed E-state index contributed by atoms with van der Waals surface area (Å²) in [6.07, 6.45) is -0.543. The molecular formula is C28H33Cl2IN4O4. The van der Waals surface area contributed by atoms with Gasteiger partial charge < -0.3 is 10.1 Å². The summed E-state index contributed by atoms with van der Waals surface area (Å²) in [4.78, 5) is 45.2. The molecule has 11 heteroatoms. The molecule has 0 spiro atoms. The second kappa shape index (κ2) is 12.4. The van der Waals surface area contributed by atoms with Gasteiger partial charge in [-0.3, -0.25) is 19.8 Å². The van der Waals surface area contributed by atoms with Crippen LogP contribution in [0.5, 0.6) is 0 Å². The average Bonchev–Trinajstić information content (AvgIpc) is 2.80. The van der Waals surface area contributed by atoms with E-state index in [2.05, 4.69) is 33.2 Å². The molecule has 0 unspecified atom stereocenters. The van der Waals surface area contributed by atoms with Gasteiger partial charge in [0, 0.05) is 5.02 Å². The Labute approximate surface area is 253 Å². The lowest BCUT2D eigenvalue weighted by molar-refractivity contribution is -0.130. The Kier molecular flexibility index (Phi) is 9.93. The highest BCUT2D eigenvalue weighted by atomic mass is 127. The first-order valence-corrected chi connectivity index (χ1v) is 14.5. The summed E-state index contributed by atoms with van der Waals surface area (Å²) in [6, 6.07) is 12.2. The minimum Gasteiger partial charge on any atom is -0.444 e. The predicted octanol–water partition coefficient (Wildman–Crippen LogP) is 6.88. The van der Waals surface area contributed by atoms with Crippen LogP contribution in [0.3, 0.4) is 0 Å². The fourth-order valence-corrected chi connectivity index (χ4v) is 4.89. The Morgan fingerprint density at radius 2 is 1.87 bits per heavy atom. The number of alkyl halides is 1. The summed E-state index contributed by atoms with van der Waals surface area (Å²) in [5.74, 6) is -0.433. The zero-order valence-electron chi connectivity index (χ0n) is 22.8. The summed E-state index contributed by atoms with van der Waals surface area (Å²) in [6.45, 7) is 11.2. The first-order chi connectivity index (χ1) is 18.1. The van der Waals surface area contributed by atoms with Gasteiger partial charge in [0.2, 0.25) is 11.9 Å². The van der Waals surface area contributed by atoms with Crippen LogP contribution < -0.4 is 10.6 Å². The topological polar surface area (TPSA) is 100 Å². The van der Waals surface area contributed by atoms with Gasteiger partial charge in [-0.2, -0.15) is 0 Å². The molecule has 2 atom stereocenters. The number of rotatable bonds is 6. The molecular weight excluding hydrogens is 654 g/mol. The van der Waals surface area contributed by atoms with Gasteiger partial charge >= 0.3 is 6.09 Å². The van der Waals surface area contributed by atoms with E-state index in [1.54, 1.807) is 51.1 Å². The normalized spacial score (nSPS) is 18.5. The highest BCUT2D eigenvalue weighted by Gasteiger charge is 2.40. The van der Waals surface area contributed by atoms with Gasteiger partial charge in [0.25, 0.3) is 5.91 Å². The van der Waals surface area contributed by atoms with Crippen molar-refractivity contribution in [1.82, 2.24) is 15.5 Å². The SMILES string of the molecule is CC(C)[C@]1(C)CC(=O)N(Cc2ccc(Cl)c(C(=O)N[C@@H](I)c3cccc(Cl)c3)c2)C(NC(=O)OC(C)(C)C)=N1. The molecule has 0 fully saturated rings. The van der Waals surface area contributed by atoms with Crippen molar-refractivity contribution in [3.8, 4) is 0 Å². The zero-order valence-corrected chi connectivity index (χ0v) is 26.4. The van der Waals surface area contributed by atoms with Gasteiger partial charge in [-0.05, 0) is 69.0 Å². The molecule has 1 aliphatic heterocycles. The van der Waals surface area contributed by atoms with Gasteiger partial charge in [0.15, 0.2) is 0 Å². The minimum atomic E-state index is -0.727. The number of nitrogens with one attached hydrogen (secondary N) is 2. The van der Waals surface area contributed by atoms with Gasteiger partial charge in [0.05, 0.1) is 29.1 Å². The van der Waals surface area contributed by atoms with Crippen molar-refractivity contribution in [2.75, 3.05) is 0 Å². The van der Waals surface area contributed by atoms with E-state index >= 15 is 0 Å². The third kappa shape index (κ3) is 8.31. The molecule has 0 aliphatic carbocycles. The van der Waals surface area contributed by atoms with Crippen LogP contribution in [0.15, 0.2) is 47.5 Å². The Morgan fingerprint density at radius 1 is 1.18 bits per heavy atom. The average molecular weight is 687 g/mol. The molecule has 210 valence electrons. The maximum atomic E-state index is 13.3. The number of aliphatic imine (C=N–C) groups is 1. The molecule has 0 saturated carbocycles. The van der Waals surface area contributed by atoms with E-state index in [4.69, 9.17) is 32.9 Å². The molecule has 8 nitrogen and oxygen atoms in total. The Morgan fingerprint density at radius 3 is 2.49 bits per heavy atom. The van der Waals surface area contributed by atoms with E-state index in [1.165, 1.54) is 4.90 Å². The molecule has 1 heterocycles. The highest BCUT2D eigenvalue weighted by molar-refractivity contribution is 14.1. The number of nitrogens with zero attached hydrogens (tertiary/aromatic N) is 2. The third-order valence-corrected chi connectivity index (χ3v) is 7.89. The van der Waals surface area contributed by atoms with E-state index in [0.717, 1.165) is 5.56 Å². The maximum Gasteiger partial charge on any atom is 0.414 e. The van der Waals surface area contributed by atoms with Gasteiger partial charge in [-0.1, -0.05) is 77.8 Å². The molecule has 3 rings (SSSR count). The number of amides is 3. The monoisotopic (exact) mass is 686 g/mol. The summed E-state index contributed by atoms with van der Waals surface area (Å²) in [5, 5.41) is 6.43. The largest absolute Gasteiger partial charge is 0.444 e. The number of benzene rings is 2. The molecule has 0 saturated heterocycles. The summed E-state index contributed by atoms with van der Waals surface area (Å²) < 4.78 is 5.06. The molecule has 39 heavy (non-hydrogen) atoms. The van der Waals surface area contributed by atoms with Crippen molar-refractivity contribution in [3.63, 3.8) is 0 Å². The van der Waals surface area contributed by atoms with Crippen molar-refractivity contribution in [1.29, 1.82) is 0 Å². The number of halogens is 3. The van der Waals surface area contributed by atoms with Crippen LogP contribution in [0.1, 0.15) is 73.5 Å². The van der Waals surface area contributed by atoms with Crippen LogP contribution in [0.2, 0.25) is 10.0 Å². The number of carbonyl (C=O) groups is 3. The Bertz CT molecular complexity index is 1290. The summed E-state index contributed by atoms with van der Waals surface area (Å²) in [5.41, 5.74) is 0.309. The fourth-order valence-electron chi connectivity index (χ4n) is 3.82. The Balaban J connectivity index is 1.87. The highest BCUT2D eigenvalue weighted by Crippen LogP contribution is 2.31. The van der Waals surface area contributed by atoms with Gasteiger partial charge in [-0.25, -0.2) is 9.79 Å². The van der Waals surface area contributed by atoms with Crippen LogP contribution in [-0.4, -0.2) is 39.9 Å². The maximum absolute atomic E-state index is 13.3. The van der Waals surface area contributed by atoms with Crippen LogP contribution in [0, 0.1) is 5.92 Å². The number of alkyl carbamates (subject to hydrolysis) is 1. The molecule has 3 amide bonds. The first kappa shape index (κ1) is 31.2. The van der Waals surface area contributed by atoms with E-state index in [9.17, 15) is 14.4 Å². The lowest BCUT2D eigenvalue weighted by Gasteiger charge is -2.38. The third-order valence-electron chi connectivity index (χ3n) is 6.30. The molecule has 0 radical (unpaired) electrons. The standard InChI is InChI=1S/C28H33Cl2IN4O4/c1-16(2)28(6)14-22(36)35(25(34-28)33-26(38)39-27(3,4)5)15-17-10-11-21(30)20(12-17)24(37)32-23(31)18-8-7-9-19(29)13-18/h7-13,16,23H,14-15H2,1-6H3,(H,32,37)(H,33,34,38)/t23-,28+/m1/s1. The van der Waals surface area contributed by atoms with Gasteiger partial charge in [-0.15, -0.1) is 0 Å². The first-order valence-electron chi connectivity index (χ1n) is 12.5. The van der Waals surface area contributed by atoms with E-state index in [0.29, 0.717) is 10.6 Å². The number of ether oxygens (including phenoxy) is 1. The molecule has 0 aromatic heterocycles. The second-order valence-corrected chi connectivity index (χ2v) is 13.0. The van der Waals surface area contributed by atoms with Crippen LogP contribution in [0.25, 0.3) is 0 Å². The van der Waals surface area contributed by atoms with Crippen molar-refractivity contribution < 1.29 is 19.1 Å². The van der Waals surface area contributed by atoms with Crippen LogP contribution in [-0.2, 0) is 16.1 Å². The zero-order chi connectivity index (χ0) is 29.1. The number of hydrogen-bond acceptors (Lipinski definition) is 5. The predicted molar refractivity (Wildman–Crippen MR) is 162 cm³/mol. The van der Waals surface area contributed by atoms with Crippen molar-refractivity contribution in [3.05, 3.63) is 69.2 Å². The van der Waals surface area contributed by atoms with Gasteiger partial charge in [0.1, 0.15) is 9.65 Å². The molecule has 2 N–H and O–H groups in total. The summed E-state index contributed by atoms with van der Waals surface area (Å²) >= 11 is 14.6. The molecule has 0 bridgehead atoms. The minimum absolute atomic E-state index is 0.0468.